The monoisotopic (exact) mass is 189 g/mol. The molecular weight excluding hydrogens is 174 g/mol. The predicted octanol–water partition coefficient (Wildman–Crippen LogP) is 2.01. The lowest BCUT2D eigenvalue weighted by atomic mass is 9.99. The first kappa shape index (κ1) is 9.41. The molecule has 0 bridgehead atoms. The molecule has 0 aliphatic heterocycles. The molecule has 0 saturated heterocycles. The van der Waals surface area contributed by atoms with Gasteiger partial charge in [0.2, 0.25) is 0 Å². The minimum atomic E-state index is 0.476. The van der Waals surface area contributed by atoms with Gasteiger partial charge in [0.15, 0.2) is 0 Å². The summed E-state index contributed by atoms with van der Waals surface area (Å²) in [6.07, 6.45) is 3.19. The van der Waals surface area contributed by atoms with Crippen LogP contribution in [0.3, 0.4) is 0 Å². The van der Waals surface area contributed by atoms with E-state index in [1.54, 1.807) is 0 Å². The van der Waals surface area contributed by atoms with Crippen LogP contribution in [0.5, 0.6) is 0 Å². The first-order valence-electron chi connectivity index (χ1n) is 5.02. The lowest BCUT2D eigenvalue weighted by molar-refractivity contribution is 0.112. The Morgan fingerprint density at radius 3 is 2.93 bits per heavy atom. The second-order valence-corrected chi connectivity index (χ2v) is 3.85. The number of fused-ring (bicyclic) bond motifs is 1. The van der Waals surface area contributed by atoms with E-state index in [9.17, 15) is 4.79 Å². The molecule has 1 atom stereocenters. The van der Waals surface area contributed by atoms with Gasteiger partial charge in [0.05, 0.1) is 0 Å². The Labute approximate surface area is 84.3 Å². The predicted molar refractivity (Wildman–Crippen MR) is 56.7 cm³/mol. The van der Waals surface area contributed by atoms with Crippen molar-refractivity contribution in [2.45, 2.75) is 25.8 Å². The topological polar surface area (TPSA) is 29.1 Å². The maximum absolute atomic E-state index is 10.8. The third-order valence-corrected chi connectivity index (χ3v) is 3.21. The Kier molecular flexibility index (Phi) is 2.38. The molecule has 2 nitrogen and oxygen atoms in total. The second-order valence-electron chi connectivity index (χ2n) is 3.85. The molecule has 2 rings (SSSR count). The van der Waals surface area contributed by atoms with Crippen LogP contribution in [0.1, 0.15) is 39.5 Å². The molecule has 1 N–H and O–H groups in total. The molecule has 1 unspecified atom stereocenters. The van der Waals surface area contributed by atoms with Crippen molar-refractivity contribution in [3.05, 3.63) is 34.4 Å². The molecule has 14 heavy (non-hydrogen) atoms. The summed E-state index contributed by atoms with van der Waals surface area (Å²) in [5.74, 6) is 0. The molecule has 1 aromatic rings. The number of carbonyl (C=O) groups excluding carboxylic acids is 1. The summed E-state index contributed by atoms with van der Waals surface area (Å²) < 4.78 is 0. The van der Waals surface area contributed by atoms with Crippen LogP contribution in [0, 0.1) is 6.92 Å². The van der Waals surface area contributed by atoms with Crippen LogP contribution in [0.4, 0.5) is 0 Å². The van der Waals surface area contributed by atoms with E-state index >= 15 is 0 Å². The molecule has 0 fully saturated rings. The molecule has 0 spiro atoms. The van der Waals surface area contributed by atoms with Gasteiger partial charge in [-0.3, -0.25) is 4.79 Å². The van der Waals surface area contributed by atoms with E-state index in [0.29, 0.717) is 6.04 Å². The zero-order valence-electron chi connectivity index (χ0n) is 8.63. The molecule has 0 amide bonds. The number of aldehydes is 1. The average Bonchev–Trinajstić information content (AvgIpc) is 2.62. The van der Waals surface area contributed by atoms with Gasteiger partial charge in [-0.2, -0.15) is 0 Å². The highest BCUT2D eigenvalue weighted by Crippen LogP contribution is 2.33. The minimum Gasteiger partial charge on any atom is -0.313 e. The summed E-state index contributed by atoms with van der Waals surface area (Å²) in [4.78, 5) is 10.8. The van der Waals surface area contributed by atoms with Gasteiger partial charge in [-0.05, 0) is 43.5 Å². The van der Waals surface area contributed by atoms with Gasteiger partial charge in [0, 0.05) is 11.6 Å². The normalized spacial score (nSPS) is 19.4. The minimum absolute atomic E-state index is 0.476. The molecule has 0 aromatic heterocycles. The van der Waals surface area contributed by atoms with Crippen molar-refractivity contribution in [3.63, 3.8) is 0 Å². The largest absolute Gasteiger partial charge is 0.313 e. The summed E-state index contributed by atoms with van der Waals surface area (Å²) >= 11 is 0. The van der Waals surface area contributed by atoms with Crippen molar-refractivity contribution in [3.8, 4) is 0 Å². The summed E-state index contributed by atoms with van der Waals surface area (Å²) in [5, 5.41) is 3.30. The van der Waals surface area contributed by atoms with Crippen molar-refractivity contribution >= 4 is 6.29 Å². The smallest absolute Gasteiger partial charge is 0.150 e. The number of nitrogens with one attached hydrogen (secondary N) is 1. The standard InChI is InChI=1S/C12H15NO/c1-8-9(7-14)3-4-11-10(8)5-6-12(11)13-2/h3-4,7,12-13H,5-6H2,1-2H3. The van der Waals surface area contributed by atoms with Crippen molar-refractivity contribution in [1.82, 2.24) is 5.32 Å². The fourth-order valence-electron chi connectivity index (χ4n) is 2.33. The van der Waals surface area contributed by atoms with Gasteiger partial charge in [0.1, 0.15) is 6.29 Å². The molecule has 1 aliphatic carbocycles. The highest BCUT2D eigenvalue weighted by atomic mass is 16.1. The number of rotatable bonds is 2. The van der Waals surface area contributed by atoms with Gasteiger partial charge < -0.3 is 5.32 Å². The molecule has 74 valence electrons. The molecule has 0 heterocycles. The Hall–Kier alpha value is -1.15. The van der Waals surface area contributed by atoms with Crippen LogP contribution in [-0.4, -0.2) is 13.3 Å². The molecule has 1 aromatic carbocycles. The number of hydrogen-bond acceptors (Lipinski definition) is 2. The van der Waals surface area contributed by atoms with Gasteiger partial charge in [-0.1, -0.05) is 12.1 Å². The fourth-order valence-corrected chi connectivity index (χ4v) is 2.33. The first-order valence-corrected chi connectivity index (χ1v) is 5.02. The van der Waals surface area contributed by atoms with Crippen LogP contribution in [-0.2, 0) is 6.42 Å². The highest BCUT2D eigenvalue weighted by molar-refractivity contribution is 5.78. The van der Waals surface area contributed by atoms with Crippen LogP contribution in [0.15, 0.2) is 12.1 Å². The van der Waals surface area contributed by atoms with E-state index in [4.69, 9.17) is 0 Å². The van der Waals surface area contributed by atoms with Gasteiger partial charge in [-0.25, -0.2) is 0 Å². The van der Waals surface area contributed by atoms with Crippen molar-refractivity contribution in [1.29, 1.82) is 0 Å². The number of benzene rings is 1. The SMILES string of the molecule is CNC1CCc2c1ccc(C=O)c2C. The molecule has 0 radical (unpaired) electrons. The quantitative estimate of drug-likeness (QED) is 0.721. The highest BCUT2D eigenvalue weighted by Gasteiger charge is 2.22. The Morgan fingerprint density at radius 1 is 1.50 bits per heavy atom. The van der Waals surface area contributed by atoms with Crippen molar-refractivity contribution < 1.29 is 4.79 Å². The molecule has 0 saturated carbocycles. The fraction of sp³-hybridized carbons (Fsp3) is 0.417. The Morgan fingerprint density at radius 2 is 2.29 bits per heavy atom. The average molecular weight is 189 g/mol. The van der Waals surface area contributed by atoms with E-state index in [1.807, 2.05) is 20.0 Å². The van der Waals surface area contributed by atoms with E-state index in [1.165, 1.54) is 11.1 Å². The summed E-state index contributed by atoms with van der Waals surface area (Å²) in [5.41, 5.74) is 4.74. The lowest BCUT2D eigenvalue weighted by Crippen LogP contribution is -2.12. The third-order valence-electron chi connectivity index (χ3n) is 3.21. The van der Waals surface area contributed by atoms with Gasteiger partial charge in [-0.15, -0.1) is 0 Å². The Bertz CT molecular complexity index is 371. The van der Waals surface area contributed by atoms with Crippen LogP contribution in [0.25, 0.3) is 0 Å². The van der Waals surface area contributed by atoms with E-state index in [-0.39, 0.29) is 0 Å². The number of carbonyl (C=O) groups is 1. The third kappa shape index (κ3) is 1.26. The molecular formula is C12H15NO. The summed E-state index contributed by atoms with van der Waals surface area (Å²) in [7, 11) is 1.99. The summed E-state index contributed by atoms with van der Waals surface area (Å²) in [6.45, 7) is 2.04. The van der Waals surface area contributed by atoms with Crippen molar-refractivity contribution in [2.24, 2.45) is 0 Å². The number of hydrogen-bond donors (Lipinski definition) is 1. The molecule has 2 heteroatoms. The summed E-state index contributed by atoms with van der Waals surface area (Å²) in [6, 6.07) is 4.49. The second kappa shape index (κ2) is 3.54. The van der Waals surface area contributed by atoms with Crippen LogP contribution >= 0.6 is 0 Å². The Balaban J connectivity index is 2.51. The zero-order valence-corrected chi connectivity index (χ0v) is 8.63. The molecule has 1 aliphatic rings. The lowest BCUT2D eigenvalue weighted by Gasteiger charge is -2.11. The van der Waals surface area contributed by atoms with Crippen molar-refractivity contribution in [2.75, 3.05) is 7.05 Å². The van der Waals surface area contributed by atoms with Gasteiger partial charge in [0.25, 0.3) is 0 Å². The maximum Gasteiger partial charge on any atom is 0.150 e. The zero-order chi connectivity index (χ0) is 10.1. The van der Waals surface area contributed by atoms with E-state index in [0.717, 1.165) is 30.3 Å². The van der Waals surface area contributed by atoms with E-state index in [2.05, 4.69) is 11.4 Å². The van der Waals surface area contributed by atoms with E-state index < -0.39 is 0 Å². The van der Waals surface area contributed by atoms with Gasteiger partial charge >= 0.3 is 0 Å². The maximum atomic E-state index is 10.8. The van der Waals surface area contributed by atoms with Crippen LogP contribution < -0.4 is 5.32 Å². The van der Waals surface area contributed by atoms with Crippen LogP contribution in [0.2, 0.25) is 0 Å². The first-order chi connectivity index (χ1) is 6.77.